The van der Waals surface area contributed by atoms with E-state index in [2.05, 4.69) is 50.5 Å². The van der Waals surface area contributed by atoms with Gasteiger partial charge in [0.05, 0.1) is 18.8 Å². The predicted octanol–water partition coefficient (Wildman–Crippen LogP) is 5.43. The minimum atomic E-state index is -0.0826. The fraction of sp³-hybridized carbons (Fsp3) is 0.286. The van der Waals surface area contributed by atoms with Crippen molar-refractivity contribution in [3.05, 3.63) is 83.2 Å². The molecule has 4 aromatic rings. The van der Waals surface area contributed by atoms with Crippen LogP contribution in [0.3, 0.4) is 0 Å². The third kappa shape index (κ3) is 4.66. The van der Waals surface area contributed by atoms with Crippen LogP contribution in [-0.2, 0) is 23.3 Å². The monoisotopic (exact) mass is 484 g/mol. The maximum atomic E-state index is 13.3. The Morgan fingerprint density at radius 2 is 1.97 bits per heavy atom. The number of aromatic amines is 1. The number of nitrogens with zero attached hydrogens (tertiary/aromatic N) is 2. The van der Waals surface area contributed by atoms with Crippen LogP contribution < -0.4 is 10.2 Å². The summed E-state index contributed by atoms with van der Waals surface area (Å²) < 4.78 is 5.47. The van der Waals surface area contributed by atoms with Crippen molar-refractivity contribution in [1.82, 2.24) is 9.97 Å². The number of hydrogen-bond donors (Lipinski definition) is 2. The number of hydrogen-bond acceptors (Lipinski definition) is 5. The van der Waals surface area contributed by atoms with Gasteiger partial charge in [0, 0.05) is 52.7 Å². The topological polar surface area (TPSA) is 70.2 Å². The van der Waals surface area contributed by atoms with E-state index >= 15 is 0 Å². The SMILES string of the molecule is O=C(Nc1ccc2c(c1)CCC2)c1c[nH]c2cccc(SCc3ccnc(N4CCOCC4)c3)c12. The van der Waals surface area contributed by atoms with Gasteiger partial charge in [-0.2, -0.15) is 0 Å². The van der Waals surface area contributed by atoms with Gasteiger partial charge in [-0.05, 0) is 72.4 Å². The van der Waals surface area contributed by atoms with Crippen LogP contribution in [0.1, 0.15) is 33.5 Å². The molecule has 1 fully saturated rings. The molecule has 0 atom stereocenters. The molecule has 2 aliphatic rings. The van der Waals surface area contributed by atoms with Gasteiger partial charge >= 0.3 is 0 Å². The van der Waals surface area contributed by atoms with Crippen LogP contribution in [-0.4, -0.2) is 42.2 Å². The number of H-pyrrole nitrogens is 1. The van der Waals surface area contributed by atoms with Crippen LogP contribution in [0.4, 0.5) is 11.5 Å². The Hall–Kier alpha value is -3.29. The molecule has 7 heteroatoms. The Kier molecular flexibility index (Phi) is 6.19. The van der Waals surface area contributed by atoms with Gasteiger partial charge in [-0.25, -0.2) is 4.98 Å². The third-order valence-electron chi connectivity index (χ3n) is 6.81. The maximum absolute atomic E-state index is 13.3. The maximum Gasteiger partial charge on any atom is 0.257 e. The minimum Gasteiger partial charge on any atom is -0.378 e. The number of carbonyl (C=O) groups is 1. The fourth-order valence-electron chi connectivity index (χ4n) is 4.98. The predicted molar refractivity (Wildman–Crippen MR) is 142 cm³/mol. The van der Waals surface area contributed by atoms with E-state index in [1.807, 2.05) is 30.6 Å². The average Bonchev–Trinajstić information content (AvgIpc) is 3.55. The number of nitrogens with one attached hydrogen (secondary N) is 2. The smallest absolute Gasteiger partial charge is 0.257 e. The lowest BCUT2D eigenvalue weighted by Gasteiger charge is -2.28. The summed E-state index contributed by atoms with van der Waals surface area (Å²) >= 11 is 1.75. The van der Waals surface area contributed by atoms with E-state index in [1.165, 1.54) is 23.1 Å². The van der Waals surface area contributed by atoms with Crippen LogP contribution in [0, 0.1) is 0 Å². The Morgan fingerprint density at radius 1 is 1.09 bits per heavy atom. The van der Waals surface area contributed by atoms with Crippen LogP contribution >= 0.6 is 11.8 Å². The number of fused-ring (bicyclic) bond motifs is 2. The van der Waals surface area contributed by atoms with Gasteiger partial charge in [0.15, 0.2) is 0 Å². The first kappa shape index (κ1) is 22.2. The summed E-state index contributed by atoms with van der Waals surface area (Å²) in [6.45, 7) is 3.22. The number of carbonyl (C=O) groups excluding carboxylic acids is 1. The molecular weight excluding hydrogens is 456 g/mol. The highest BCUT2D eigenvalue weighted by molar-refractivity contribution is 7.98. The molecule has 1 amide bonds. The van der Waals surface area contributed by atoms with E-state index in [-0.39, 0.29) is 5.91 Å². The molecule has 1 aliphatic heterocycles. The standard InChI is InChI=1S/C28H28N4O2S/c33-28(31-22-8-7-20-3-1-4-21(20)16-22)23-17-30-24-5-2-6-25(27(23)24)35-18-19-9-10-29-26(15-19)32-11-13-34-14-12-32/h2,5-10,15-17,30H,1,3-4,11-14,18H2,(H,31,33). The number of pyridine rings is 1. The Bertz CT molecular complexity index is 1380. The molecule has 0 radical (unpaired) electrons. The van der Waals surface area contributed by atoms with Gasteiger partial charge < -0.3 is 19.9 Å². The number of amides is 1. The van der Waals surface area contributed by atoms with E-state index < -0.39 is 0 Å². The lowest BCUT2D eigenvalue weighted by atomic mass is 10.1. The van der Waals surface area contributed by atoms with Crippen molar-refractivity contribution in [2.45, 2.75) is 29.9 Å². The highest BCUT2D eigenvalue weighted by Crippen LogP contribution is 2.34. The summed E-state index contributed by atoms with van der Waals surface area (Å²) in [4.78, 5) is 24.5. The zero-order valence-corrected chi connectivity index (χ0v) is 20.4. The number of anilines is 2. The van der Waals surface area contributed by atoms with Crippen LogP contribution in [0.15, 0.2) is 65.8 Å². The average molecular weight is 485 g/mol. The largest absolute Gasteiger partial charge is 0.378 e. The summed E-state index contributed by atoms with van der Waals surface area (Å²) in [7, 11) is 0. The number of rotatable bonds is 6. The summed E-state index contributed by atoms with van der Waals surface area (Å²) in [6, 6.07) is 16.7. The third-order valence-corrected chi connectivity index (χ3v) is 7.94. The van der Waals surface area contributed by atoms with Crippen molar-refractivity contribution >= 4 is 40.1 Å². The first-order valence-electron chi connectivity index (χ1n) is 12.2. The number of thioether (sulfide) groups is 1. The van der Waals surface area contributed by atoms with Crippen molar-refractivity contribution in [2.75, 3.05) is 36.5 Å². The number of benzene rings is 2. The molecule has 2 aromatic carbocycles. The van der Waals surface area contributed by atoms with Gasteiger partial charge in [0.1, 0.15) is 5.82 Å². The number of aromatic nitrogens is 2. The highest BCUT2D eigenvalue weighted by atomic mass is 32.2. The minimum absolute atomic E-state index is 0.0826. The Balaban J connectivity index is 1.21. The highest BCUT2D eigenvalue weighted by Gasteiger charge is 2.18. The summed E-state index contributed by atoms with van der Waals surface area (Å²) in [6.07, 6.45) is 7.13. The molecule has 6 rings (SSSR count). The number of morpholine rings is 1. The summed E-state index contributed by atoms with van der Waals surface area (Å²) in [5, 5.41) is 4.09. The first-order valence-corrected chi connectivity index (χ1v) is 13.2. The Morgan fingerprint density at radius 3 is 2.89 bits per heavy atom. The van der Waals surface area contributed by atoms with E-state index in [0.717, 1.165) is 72.2 Å². The zero-order chi connectivity index (χ0) is 23.6. The second kappa shape index (κ2) is 9.76. The molecule has 0 spiro atoms. The molecule has 1 saturated heterocycles. The molecule has 35 heavy (non-hydrogen) atoms. The molecule has 2 N–H and O–H groups in total. The van der Waals surface area contributed by atoms with Crippen molar-refractivity contribution in [3.8, 4) is 0 Å². The van der Waals surface area contributed by atoms with Crippen LogP contribution in [0.25, 0.3) is 10.9 Å². The molecule has 1 aliphatic carbocycles. The van der Waals surface area contributed by atoms with E-state index in [9.17, 15) is 4.79 Å². The van der Waals surface area contributed by atoms with Crippen molar-refractivity contribution in [1.29, 1.82) is 0 Å². The van der Waals surface area contributed by atoms with Gasteiger partial charge in [0.25, 0.3) is 5.91 Å². The molecule has 0 saturated carbocycles. The van der Waals surface area contributed by atoms with Gasteiger partial charge in [-0.3, -0.25) is 4.79 Å². The van der Waals surface area contributed by atoms with Crippen LogP contribution in [0.2, 0.25) is 0 Å². The second-order valence-electron chi connectivity index (χ2n) is 9.08. The first-order chi connectivity index (χ1) is 17.2. The molecule has 0 bridgehead atoms. The second-order valence-corrected chi connectivity index (χ2v) is 10.1. The zero-order valence-electron chi connectivity index (χ0n) is 19.5. The Labute approximate surface area is 209 Å². The van der Waals surface area contributed by atoms with Crippen molar-refractivity contribution in [2.24, 2.45) is 0 Å². The van der Waals surface area contributed by atoms with Gasteiger partial charge in [-0.1, -0.05) is 12.1 Å². The van der Waals surface area contributed by atoms with E-state index in [0.29, 0.717) is 5.56 Å². The summed E-state index contributed by atoms with van der Waals surface area (Å²) in [5.41, 5.74) is 6.48. The molecule has 178 valence electrons. The van der Waals surface area contributed by atoms with E-state index in [1.54, 1.807) is 11.8 Å². The van der Waals surface area contributed by atoms with Crippen molar-refractivity contribution < 1.29 is 9.53 Å². The van der Waals surface area contributed by atoms with E-state index in [4.69, 9.17) is 4.74 Å². The molecule has 6 nitrogen and oxygen atoms in total. The lowest BCUT2D eigenvalue weighted by Crippen LogP contribution is -2.36. The number of aryl methyl sites for hydroxylation is 2. The van der Waals surface area contributed by atoms with Crippen molar-refractivity contribution in [3.63, 3.8) is 0 Å². The fourth-order valence-corrected chi connectivity index (χ4v) is 6.02. The normalized spacial score (nSPS) is 15.4. The molecule has 3 heterocycles. The van der Waals surface area contributed by atoms with Gasteiger partial charge in [-0.15, -0.1) is 11.8 Å². The molecule has 0 unspecified atom stereocenters. The summed E-state index contributed by atoms with van der Waals surface area (Å²) in [5.74, 6) is 1.72. The quantitative estimate of drug-likeness (QED) is 0.357. The molecular formula is C28H28N4O2S. The van der Waals surface area contributed by atoms with Gasteiger partial charge in [0.2, 0.25) is 0 Å². The molecule has 2 aromatic heterocycles. The number of ether oxygens (including phenoxy) is 1. The lowest BCUT2D eigenvalue weighted by molar-refractivity contribution is 0.102. The van der Waals surface area contributed by atoms with Crippen LogP contribution in [0.5, 0.6) is 0 Å².